The number of nitrogens with two attached hydrogens (primary N) is 1. The molecule has 2 aromatic rings. The van der Waals surface area contributed by atoms with E-state index in [1.165, 1.54) is 0 Å². The topological polar surface area (TPSA) is 95.6 Å². The Hall–Kier alpha value is -2.90. The molecule has 1 fully saturated rings. The minimum Gasteiger partial charge on any atom is -0.392 e. The van der Waals surface area contributed by atoms with E-state index in [9.17, 15) is 0 Å². The van der Waals surface area contributed by atoms with Crippen molar-refractivity contribution in [3.8, 4) is 0 Å². The fourth-order valence-electron chi connectivity index (χ4n) is 3.52. The highest BCUT2D eigenvalue weighted by Crippen LogP contribution is 2.25. The summed E-state index contributed by atoms with van der Waals surface area (Å²) in [6, 6.07) is 12.4. The van der Waals surface area contributed by atoms with Gasteiger partial charge in [0.1, 0.15) is 5.82 Å². The summed E-state index contributed by atoms with van der Waals surface area (Å²) >= 11 is 6.18. The van der Waals surface area contributed by atoms with Gasteiger partial charge in [-0.15, -0.1) is 0 Å². The lowest BCUT2D eigenvalue weighted by Gasteiger charge is -2.33. The molecule has 1 amide bonds. The number of carbonyl (C=O) groups excluding carboxylic acids is 1. The van der Waals surface area contributed by atoms with E-state index in [0.717, 1.165) is 54.3 Å². The first-order chi connectivity index (χ1) is 15.0. The zero-order valence-corrected chi connectivity index (χ0v) is 19.1. The lowest BCUT2D eigenvalue weighted by Crippen LogP contribution is -2.42. The SMILES string of the molecule is CNC=C(N=C(C)c1cccnc1N1CCC(NC)CC1)c1cccc(Cl)c1.NC=O. The predicted molar refractivity (Wildman–Crippen MR) is 129 cm³/mol. The lowest BCUT2D eigenvalue weighted by atomic mass is 10.0. The van der Waals surface area contributed by atoms with Crippen LogP contribution in [0.3, 0.4) is 0 Å². The molecule has 1 aliphatic rings. The summed E-state index contributed by atoms with van der Waals surface area (Å²) in [5, 5.41) is 7.16. The second-order valence-electron chi connectivity index (χ2n) is 7.09. The highest BCUT2D eigenvalue weighted by molar-refractivity contribution is 6.30. The number of hydrogen-bond acceptors (Lipinski definition) is 6. The average Bonchev–Trinajstić information content (AvgIpc) is 2.79. The smallest absolute Gasteiger partial charge is 0.204 e. The molecule has 31 heavy (non-hydrogen) atoms. The Balaban J connectivity index is 0.00000107. The monoisotopic (exact) mass is 442 g/mol. The number of benzene rings is 1. The standard InChI is InChI=1S/C22H28ClN5.CH3NO/c1-16(27-21(15-24-2)17-6-4-7-18(23)14-17)20-8-5-11-26-22(20)28-12-9-19(25-3)10-13-28;2-1-3/h4-8,11,14-15,19,24-25H,9-10,12-13H2,1-3H3;1H,(H2,2,3). The van der Waals surface area contributed by atoms with Gasteiger partial charge in [0.2, 0.25) is 6.41 Å². The van der Waals surface area contributed by atoms with Crippen LogP contribution in [-0.4, -0.2) is 50.3 Å². The molecule has 0 spiro atoms. The van der Waals surface area contributed by atoms with Crippen molar-refractivity contribution in [1.29, 1.82) is 0 Å². The van der Waals surface area contributed by atoms with Gasteiger partial charge in [0.25, 0.3) is 0 Å². The molecule has 1 saturated heterocycles. The van der Waals surface area contributed by atoms with Gasteiger partial charge in [-0.3, -0.25) is 9.79 Å². The molecular weight excluding hydrogens is 412 g/mol. The molecule has 1 aromatic heterocycles. The van der Waals surface area contributed by atoms with Crippen LogP contribution in [0.25, 0.3) is 5.70 Å². The molecule has 1 aliphatic heterocycles. The van der Waals surface area contributed by atoms with Crippen LogP contribution in [0, 0.1) is 0 Å². The number of carbonyl (C=O) groups is 1. The number of nitrogens with one attached hydrogen (secondary N) is 2. The third-order valence-corrected chi connectivity index (χ3v) is 5.30. The number of amides is 1. The molecule has 0 atom stereocenters. The van der Waals surface area contributed by atoms with Crippen molar-refractivity contribution in [3.05, 3.63) is 64.9 Å². The fourth-order valence-corrected chi connectivity index (χ4v) is 3.71. The molecule has 0 saturated carbocycles. The van der Waals surface area contributed by atoms with Crippen LogP contribution in [0.5, 0.6) is 0 Å². The second-order valence-corrected chi connectivity index (χ2v) is 7.52. The van der Waals surface area contributed by atoms with E-state index in [1.54, 1.807) is 0 Å². The van der Waals surface area contributed by atoms with Gasteiger partial charge in [-0.1, -0.05) is 23.7 Å². The van der Waals surface area contributed by atoms with Crippen LogP contribution in [-0.2, 0) is 4.79 Å². The van der Waals surface area contributed by atoms with Crippen molar-refractivity contribution in [2.24, 2.45) is 10.7 Å². The van der Waals surface area contributed by atoms with E-state index in [4.69, 9.17) is 21.4 Å². The Morgan fingerprint density at radius 1 is 1.26 bits per heavy atom. The number of primary amides is 1. The van der Waals surface area contributed by atoms with Gasteiger partial charge in [-0.2, -0.15) is 0 Å². The number of piperidine rings is 1. The molecule has 7 nitrogen and oxygen atoms in total. The maximum Gasteiger partial charge on any atom is 0.204 e. The summed E-state index contributed by atoms with van der Waals surface area (Å²) in [4.78, 5) is 20.5. The summed E-state index contributed by atoms with van der Waals surface area (Å²) in [5.74, 6) is 1.01. The molecular formula is C23H31ClN6O. The van der Waals surface area contributed by atoms with E-state index in [2.05, 4.69) is 32.3 Å². The van der Waals surface area contributed by atoms with Gasteiger partial charge in [-0.05, 0) is 51.1 Å². The fraction of sp³-hybridized carbons (Fsp3) is 0.348. The average molecular weight is 443 g/mol. The van der Waals surface area contributed by atoms with Gasteiger partial charge in [0.05, 0.1) is 5.70 Å². The van der Waals surface area contributed by atoms with Gasteiger partial charge >= 0.3 is 0 Å². The van der Waals surface area contributed by atoms with Gasteiger partial charge < -0.3 is 21.3 Å². The largest absolute Gasteiger partial charge is 0.392 e. The molecule has 0 unspecified atom stereocenters. The van der Waals surface area contributed by atoms with E-state index in [1.807, 2.05) is 63.7 Å². The third kappa shape index (κ3) is 7.08. The Morgan fingerprint density at radius 3 is 2.58 bits per heavy atom. The number of anilines is 1. The Labute approximate surface area is 189 Å². The quantitative estimate of drug-likeness (QED) is 0.472. The minimum atomic E-state index is 0.250. The molecule has 1 aromatic carbocycles. The van der Waals surface area contributed by atoms with Crippen molar-refractivity contribution < 1.29 is 4.79 Å². The van der Waals surface area contributed by atoms with E-state index in [0.29, 0.717) is 11.1 Å². The predicted octanol–water partition coefficient (Wildman–Crippen LogP) is 3.05. The maximum atomic E-state index is 8.58. The van der Waals surface area contributed by atoms with Crippen LogP contribution in [0.1, 0.15) is 30.9 Å². The van der Waals surface area contributed by atoms with E-state index >= 15 is 0 Å². The summed E-state index contributed by atoms with van der Waals surface area (Å²) in [7, 11) is 3.91. The summed E-state index contributed by atoms with van der Waals surface area (Å²) in [5.41, 5.74) is 7.97. The summed E-state index contributed by atoms with van der Waals surface area (Å²) in [6.45, 7) is 4.03. The Morgan fingerprint density at radius 2 is 1.97 bits per heavy atom. The zero-order valence-electron chi connectivity index (χ0n) is 18.3. The summed E-state index contributed by atoms with van der Waals surface area (Å²) < 4.78 is 0. The molecule has 166 valence electrons. The van der Waals surface area contributed by atoms with Gasteiger partial charge in [0, 0.05) is 60.4 Å². The van der Waals surface area contributed by atoms with E-state index in [-0.39, 0.29) is 6.41 Å². The van der Waals surface area contributed by atoms with Crippen LogP contribution in [0.15, 0.2) is 53.8 Å². The van der Waals surface area contributed by atoms with Crippen molar-refractivity contribution in [3.63, 3.8) is 0 Å². The maximum absolute atomic E-state index is 8.58. The Kier molecular flexibility index (Phi) is 10.00. The third-order valence-electron chi connectivity index (χ3n) is 5.07. The highest BCUT2D eigenvalue weighted by Gasteiger charge is 2.21. The van der Waals surface area contributed by atoms with Crippen molar-refractivity contribution in [1.82, 2.24) is 15.6 Å². The summed E-state index contributed by atoms with van der Waals surface area (Å²) in [6.07, 6.45) is 6.24. The first-order valence-electron chi connectivity index (χ1n) is 10.3. The van der Waals surface area contributed by atoms with Crippen molar-refractivity contribution in [2.45, 2.75) is 25.8 Å². The number of aliphatic imine (C=N–C) groups is 1. The van der Waals surface area contributed by atoms with Crippen LogP contribution >= 0.6 is 11.6 Å². The first-order valence-corrected chi connectivity index (χ1v) is 10.6. The first kappa shape index (κ1) is 24.4. The molecule has 0 aliphatic carbocycles. The molecule has 0 radical (unpaired) electrons. The normalized spacial score (nSPS) is 15.2. The van der Waals surface area contributed by atoms with Gasteiger partial charge in [-0.25, -0.2) is 4.98 Å². The minimum absolute atomic E-state index is 0.250. The molecule has 2 heterocycles. The highest BCUT2D eigenvalue weighted by atomic mass is 35.5. The number of nitrogens with zero attached hydrogens (tertiary/aromatic N) is 3. The lowest BCUT2D eigenvalue weighted by molar-refractivity contribution is -0.106. The van der Waals surface area contributed by atoms with Gasteiger partial charge in [0.15, 0.2) is 0 Å². The number of pyridine rings is 1. The molecule has 3 rings (SSSR count). The second kappa shape index (κ2) is 12.7. The number of rotatable bonds is 6. The number of aromatic nitrogens is 1. The van der Waals surface area contributed by atoms with Crippen LogP contribution in [0.4, 0.5) is 5.82 Å². The van der Waals surface area contributed by atoms with Crippen molar-refractivity contribution >= 4 is 35.2 Å². The van der Waals surface area contributed by atoms with Crippen molar-refractivity contribution in [2.75, 3.05) is 32.1 Å². The molecule has 8 heteroatoms. The van der Waals surface area contributed by atoms with Crippen LogP contribution < -0.4 is 21.3 Å². The molecule has 4 N–H and O–H groups in total. The zero-order chi connectivity index (χ0) is 22.6. The number of hydrogen-bond donors (Lipinski definition) is 3. The van der Waals surface area contributed by atoms with Crippen LogP contribution in [0.2, 0.25) is 5.02 Å². The molecule has 0 bridgehead atoms. The number of halogens is 1. The van der Waals surface area contributed by atoms with E-state index < -0.39 is 0 Å². The Bertz CT molecular complexity index is 906.